The van der Waals surface area contributed by atoms with Gasteiger partial charge in [-0.1, -0.05) is 121 Å². The van der Waals surface area contributed by atoms with E-state index in [2.05, 4.69) is 121 Å². The second-order valence-electron chi connectivity index (χ2n) is 13.3. The summed E-state index contributed by atoms with van der Waals surface area (Å²) in [4.78, 5) is 9.17. The topological polar surface area (TPSA) is 44.2 Å². The van der Waals surface area contributed by atoms with E-state index in [0.717, 1.165) is 61.9 Å². The molecule has 54 heavy (non-hydrogen) atoms. The van der Waals surface area contributed by atoms with Crippen LogP contribution in [-0.4, -0.2) is 16.7 Å². The van der Waals surface area contributed by atoms with Gasteiger partial charge in [0, 0.05) is 43.7 Å². The molecule has 10 rings (SSSR count). The van der Waals surface area contributed by atoms with Crippen molar-refractivity contribution < 1.29 is 29.6 Å². The molecule has 0 fully saturated rings. The van der Waals surface area contributed by atoms with Crippen LogP contribution in [0, 0.1) is 26.0 Å². The molecule has 261 valence electrons. The Morgan fingerprint density at radius 1 is 0.556 bits per heavy atom. The van der Waals surface area contributed by atoms with Gasteiger partial charge in [0.25, 0.3) is 0 Å². The fraction of sp³-hybridized carbons (Fsp3) is 0.0417. The number of hydrogen-bond acceptors (Lipinski definition) is 4. The predicted octanol–water partition coefficient (Wildman–Crippen LogP) is 9.77. The van der Waals surface area contributed by atoms with Gasteiger partial charge in [0.1, 0.15) is 17.2 Å². The van der Waals surface area contributed by atoms with Crippen molar-refractivity contribution in [2.45, 2.75) is 13.8 Å². The molecule has 0 N–H and O–H groups in total. The molecule has 2 aliphatic rings. The second kappa shape index (κ2) is 15.1. The SMILES string of the molecule is Cc1c[c-]c(-c2cc(-c3ccccc3)c(C)cn2)cc1-c1ccccc1.[Ir].[c-]1ccc2c(c1-c1ccccn1)Oc1cccc3c1B2c1ccccc1O3. The summed E-state index contributed by atoms with van der Waals surface area (Å²) in [6.07, 6.45) is 3.74. The Bertz CT molecular complexity index is 2510. The molecule has 6 aromatic carbocycles. The van der Waals surface area contributed by atoms with E-state index in [0.29, 0.717) is 0 Å². The summed E-state index contributed by atoms with van der Waals surface area (Å²) in [5.74, 6) is 3.40. The molecular weight excluding hydrogens is 840 g/mol. The van der Waals surface area contributed by atoms with Crippen molar-refractivity contribution in [1.29, 1.82) is 0 Å². The third-order valence-electron chi connectivity index (χ3n) is 9.90. The normalized spacial score (nSPS) is 11.6. The summed E-state index contributed by atoms with van der Waals surface area (Å²) >= 11 is 0. The number of fused-ring (bicyclic) bond motifs is 4. The molecule has 1 radical (unpaired) electrons. The molecule has 0 unspecified atom stereocenters. The first-order chi connectivity index (χ1) is 26.1. The molecule has 0 atom stereocenters. The Morgan fingerprint density at radius 3 is 1.96 bits per heavy atom. The Balaban J connectivity index is 0.000000151. The zero-order valence-corrected chi connectivity index (χ0v) is 32.1. The minimum atomic E-state index is 0. The molecule has 2 aliphatic heterocycles. The van der Waals surface area contributed by atoms with Crippen LogP contribution in [0.5, 0.6) is 23.0 Å². The Kier molecular flexibility index (Phi) is 9.80. The number of ether oxygens (including phenoxy) is 2. The van der Waals surface area contributed by atoms with E-state index in [1.54, 1.807) is 6.20 Å². The average Bonchev–Trinajstić information content (AvgIpc) is 3.22. The zero-order chi connectivity index (χ0) is 35.7. The molecule has 0 bridgehead atoms. The van der Waals surface area contributed by atoms with Crippen LogP contribution >= 0.6 is 0 Å². The van der Waals surface area contributed by atoms with Gasteiger partial charge in [-0.25, -0.2) is 0 Å². The van der Waals surface area contributed by atoms with Crippen molar-refractivity contribution >= 4 is 23.1 Å². The molecule has 2 aromatic heterocycles. The standard InChI is InChI=1S/C25H20N.C23H13BNO2.Ir/c1-18-13-14-22(15-23(18)20-9-5-3-6-10-20)25-16-24(19(2)17-26-25)21-11-7-4-8-12-21;1-2-11-19-16(8-1)24-17-9-5-7-15(18-10-3-4-14-25-18)23(17)27-21-13-6-12-20(26-19)22(21)24;/h3-13,15-17H,1-2H3;1-6,8-14H;/q2*-1;. The van der Waals surface area contributed by atoms with Crippen LogP contribution < -0.4 is 25.9 Å². The van der Waals surface area contributed by atoms with Crippen LogP contribution in [-0.2, 0) is 20.1 Å². The van der Waals surface area contributed by atoms with Gasteiger partial charge in [-0.05, 0) is 70.3 Å². The number of rotatable bonds is 4. The summed E-state index contributed by atoms with van der Waals surface area (Å²) in [6, 6.07) is 58.2. The number of aromatic nitrogens is 2. The van der Waals surface area contributed by atoms with Crippen molar-refractivity contribution in [3.63, 3.8) is 0 Å². The largest absolute Gasteiger partial charge is 0.503 e. The molecule has 0 saturated heterocycles. The van der Waals surface area contributed by atoms with Crippen LogP contribution in [0.25, 0.3) is 44.8 Å². The first kappa shape index (κ1) is 35.0. The van der Waals surface area contributed by atoms with Gasteiger partial charge in [0.2, 0.25) is 6.71 Å². The molecule has 0 amide bonds. The number of hydrogen-bond donors (Lipinski definition) is 0. The van der Waals surface area contributed by atoms with E-state index in [1.807, 2.05) is 72.9 Å². The van der Waals surface area contributed by atoms with Gasteiger partial charge in [0.05, 0.1) is 0 Å². The number of para-hydroxylation sites is 1. The Morgan fingerprint density at radius 2 is 1.22 bits per heavy atom. The van der Waals surface area contributed by atoms with E-state index in [4.69, 9.17) is 9.47 Å². The fourth-order valence-electron chi connectivity index (χ4n) is 7.28. The average molecular weight is 873 g/mol. The molecule has 6 heteroatoms. The van der Waals surface area contributed by atoms with Crippen LogP contribution in [0.15, 0.2) is 164 Å². The number of aryl methyl sites for hydroxylation is 2. The Hall–Kier alpha value is -6.07. The molecule has 0 saturated carbocycles. The Labute approximate surface area is 330 Å². The van der Waals surface area contributed by atoms with Gasteiger partial charge in [-0.3, -0.25) is 0 Å². The molecule has 4 heterocycles. The van der Waals surface area contributed by atoms with Gasteiger partial charge in [-0.15, -0.1) is 53.0 Å². The summed E-state index contributed by atoms with van der Waals surface area (Å²) < 4.78 is 12.5. The maximum absolute atomic E-state index is 6.37. The third kappa shape index (κ3) is 6.56. The van der Waals surface area contributed by atoms with Gasteiger partial charge < -0.3 is 19.4 Å². The van der Waals surface area contributed by atoms with Crippen molar-refractivity contribution in [1.82, 2.24) is 9.97 Å². The van der Waals surface area contributed by atoms with Crippen molar-refractivity contribution in [2.24, 2.45) is 0 Å². The second-order valence-corrected chi connectivity index (χ2v) is 13.3. The molecule has 0 aliphatic carbocycles. The van der Waals surface area contributed by atoms with Gasteiger partial charge in [-0.2, -0.15) is 0 Å². The van der Waals surface area contributed by atoms with Crippen LogP contribution in [0.3, 0.4) is 0 Å². The van der Waals surface area contributed by atoms with E-state index >= 15 is 0 Å². The number of nitrogens with zero attached hydrogens (tertiary/aromatic N) is 2. The summed E-state index contributed by atoms with van der Waals surface area (Å²) in [5, 5.41) is 0. The summed E-state index contributed by atoms with van der Waals surface area (Å²) in [6.45, 7) is 4.30. The van der Waals surface area contributed by atoms with Crippen LogP contribution in [0.4, 0.5) is 0 Å². The fourth-order valence-corrected chi connectivity index (χ4v) is 7.28. The first-order valence-electron chi connectivity index (χ1n) is 17.8. The summed E-state index contributed by atoms with van der Waals surface area (Å²) in [7, 11) is 0. The van der Waals surface area contributed by atoms with Crippen LogP contribution in [0.2, 0.25) is 0 Å². The van der Waals surface area contributed by atoms with E-state index in [9.17, 15) is 0 Å². The maximum Gasteiger partial charge on any atom is 0.241 e. The van der Waals surface area contributed by atoms with Crippen molar-refractivity contribution in [2.75, 3.05) is 0 Å². The van der Waals surface area contributed by atoms with Gasteiger partial charge in [0.15, 0.2) is 0 Å². The third-order valence-corrected chi connectivity index (χ3v) is 9.90. The van der Waals surface area contributed by atoms with Crippen LogP contribution in [0.1, 0.15) is 11.1 Å². The predicted molar refractivity (Wildman–Crippen MR) is 215 cm³/mol. The molecular formula is C48H33BIrN2O2-2. The summed E-state index contributed by atoms with van der Waals surface area (Å²) in [5.41, 5.74) is 14.3. The van der Waals surface area contributed by atoms with Crippen molar-refractivity contribution in [3.8, 4) is 67.8 Å². The zero-order valence-electron chi connectivity index (χ0n) is 29.7. The van der Waals surface area contributed by atoms with E-state index < -0.39 is 0 Å². The number of pyridine rings is 2. The van der Waals surface area contributed by atoms with E-state index in [1.165, 1.54) is 33.4 Å². The van der Waals surface area contributed by atoms with Gasteiger partial charge >= 0.3 is 0 Å². The minimum absolute atomic E-state index is 0. The number of benzene rings is 6. The minimum Gasteiger partial charge on any atom is -0.503 e. The quantitative estimate of drug-likeness (QED) is 0.131. The molecule has 8 aromatic rings. The molecule has 0 spiro atoms. The maximum atomic E-state index is 6.37. The monoisotopic (exact) mass is 873 g/mol. The first-order valence-corrected chi connectivity index (χ1v) is 17.8. The smallest absolute Gasteiger partial charge is 0.241 e. The molecule has 4 nitrogen and oxygen atoms in total. The van der Waals surface area contributed by atoms with Crippen molar-refractivity contribution in [3.05, 3.63) is 187 Å². The van der Waals surface area contributed by atoms with E-state index in [-0.39, 0.29) is 26.8 Å².